The Labute approximate surface area is 106 Å². The van der Waals surface area contributed by atoms with Crippen LogP contribution in [-0.2, 0) is 10.0 Å². The number of rotatable bonds is 8. The van der Waals surface area contributed by atoms with Crippen molar-refractivity contribution in [3.63, 3.8) is 0 Å². The minimum absolute atomic E-state index is 0.121. The van der Waals surface area contributed by atoms with Crippen molar-refractivity contribution < 1.29 is 8.42 Å². The highest BCUT2D eigenvalue weighted by atomic mass is 32.2. The lowest BCUT2D eigenvalue weighted by molar-refractivity contribution is 0.214. The number of nitrogens with one attached hydrogen (secondary N) is 2. The Morgan fingerprint density at radius 2 is 1.94 bits per heavy atom. The van der Waals surface area contributed by atoms with E-state index in [4.69, 9.17) is 0 Å². The van der Waals surface area contributed by atoms with Crippen LogP contribution in [0.15, 0.2) is 0 Å². The largest absolute Gasteiger partial charge is 0.314 e. The standard InChI is InChI=1S/C12H26N2O2S/c1-4-12(7-5-8-12)14-17(15,16)10-6-9-13-11(2)3/h11,13-14H,4-10H2,1-3H3. The number of hydrogen-bond donors (Lipinski definition) is 2. The maximum absolute atomic E-state index is 11.9. The molecule has 5 heteroatoms. The van der Waals surface area contributed by atoms with Crippen LogP contribution in [0.25, 0.3) is 0 Å². The molecule has 1 rings (SSSR count). The molecule has 0 spiro atoms. The fraction of sp³-hybridized carbons (Fsp3) is 1.00. The minimum Gasteiger partial charge on any atom is -0.314 e. The summed E-state index contributed by atoms with van der Waals surface area (Å²) in [6, 6.07) is 0.416. The molecule has 0 saturated heterocycles. The van der Waals surface area contributed by atoms with E-state index in [0.29, 0.717) is 12.5 Å². The molecule has 102 valence electrons. The van der Waals surface area contributed by atoms with Gasteiger partial charge in [0.15, 0.2) is 0 Å². The Hall–Kier alpha value is -0.130. The van der Waals surface area contributed by atoms with Gasteiger partial charge in [-0.25, -0.2) is 13.1 Å². The Morgan fingerprint density at radius 1 is 1.29 bits per heavy atom. The average Bonchev–Trinajstić information content (AvgIpc) is 2.18. The zero-order valence-electron chi connectivity index (χ0n) is 11.3. The lowest BCUT2D eigenvalue weighted by Gasteiger charge is -2.41. The van der Waals surface area contributed by atoms with Crippen LogP contribution in [0.5, 0.6) is 0 Å². The van der Waals surface area contributed by atoms with Gasteiger partial charge in [-0.15, -0.1) is 0 Å². The van der Waals surface area contributed by atoms with Gasteiger partial charge in [0.05, 0.1) is 5.75 Å². The second-order valence-electron chi connectivity index (χ2n) is 5.37. The first-order chi connectivity index (χ1) is 7.89. The number of hydrogen-bond acceptors (Lipinski definition) is 3. The Morgan fingerprint density at radius 3 is 2.35 bits per heavy atom. The normalized spacial score (nSPS) is 19.3. The summed E-state index contributed by atoms with van der Waals surface area (Å²) in [6.45, 7) is 6.94. The van der Waals surface area contributed by atoms with E-state index in [0.717, 1.165) is 32.2 Å². The van der Waals surface area contributed by atoms with Crippen molar-refractivity contribution in [2.24, 2.45) is 0 Å². The zero-order valence-corrected chi connectivity index (χ0v) is 12.1. The molecule has 1 aliphatic rings. The smallest absolute Gasteiger partial charge is 0.212 e. The van der Waals surface area contributed by atoms with E-state index in [1.165, 1.54) is 0 Å². The van der Waals surface area contributed by atoms with Crippen LogP contribution in [0.1, 0.15) is 52.9 Å². The lowest BCUT2D eigenvalue weighted by Crippen LogP contribution is -2.53. The van der Waals surface area contributed by atoms with Gasteiger partial charge in [-0.05, 0) is 38.6 Å². The molecule has 2 N–H and O–H groups in total. The maximum atomic E-state index is 11.9. The fourth-order valence-electron chi connectivity index (χ4n) is 2.17. The van der Waals surface area contributed by atoms with Crippen LogP contribution in [0.2, 0.25) is 0 Å². The highest BCUT2D eigenvalue weighted by molar-refractivity contribution is 7.89. The second kappa shape index (κ2) is 6.16. The molecule has 17 heavy (non-hydrogen) atoms. The van der Waals surface area contributed by atoms with Crippen molar-refractivity contribution in [3.05, 3.63) is 0 Å². The molecule has 4 nitrogen and oxygen atoms in total. The maximum Gasteiger partial charge on any atom is 0.212 e. The van der Waals surface area contributed by atoms with E-state index in [9.17, 15) is 8.42 Å². The molecule has 0 amide bonds. The molecule has 0 heterocycles. The molecule has 0 aromatic heterocycles. The van der Waals surface area contributed by atoms with Gasteiger partial charge in [-0.2, -0.15) is 0 Å². The van der Waals surface area contributed by atoms with Gasteiger partial charge in [-0.1, -0.05) is 20.8 Å². The zero-order chi connectivity index (χ0) is 12.9. The lowest BCUT2D eigenvalue weighted by atomic mass is 9.76. The van der Waals surface area contributed by atoms with Gasteiger partial charge in [0.25, 0.3) is 0 Å². The first kappa shape index (κ1) is 14.9. The molecule has 0 atom stereocenters. The van der Waals surface area contributed by atoms with E-state index in [2.05, 4.69) is 30.8 Å². The van der Waals surface area contributed by atoms with Crippen molar-refractivity contribution >= 4 is 10.0 Å². The molecule has 1 fully saturated rings. The van der Waals surface area contributed by atoms with E-state index in [1.54, 1.807) is 0 Å². The van der Waals surface area contributed by atoms with Crippen molar-refractivity contribution in [2.75, 3.05) is 12.3 Å². The monoisotopic (exact) mass is 262 g/mol. The van der Waals surface area contributed by atoms with Crippen molar-refractivity contribution in [1.82, 2.24) is 10.0 Å². The molecule has 0 aliphatic heterocycles. The molecule has 0 bridgehead atoms. The second-order valence-corrected chi connectivity index (χ2v) is 7.21. The summed E-state index contributed by atoms with van der Waals surface area (Å²) in [5.74, 6) is 0.231. The Balaban J connectivity index is 2.31. The van der Waals surface area contributed by atoms with Gasteiger partial charge in [0.2, 0.25) is 10.0 Å². The minimum atomic E-state index is -3.10. The predicted molar refractivity (Wildman–Crippen MR) is 71.6 cm³/mol. The highest BCUT2D eigenvalue weighted by Gasteiger charge is 2.38. The van der Waals surface area contributed by atoms with E-state index < -0.39 is 10.0 Å². The van der Waals surface area contributed by atoms with Gasteiger partial charge >= 0.3 is 0 Å². The topological polar surface area (TPSA) is 58.2 Å². The third-order valence-electron chi connectivity index (χ3n) is 3.50. The molecule has 1 aliphatic carbocycles. The third-order valence-corrected chi connectivity index (χ3v) is 5.07. The quantitative estimate of drug-likeness (QED) is 0.654. The van der Waals surface area contributed by atoms with Crippen LogP contribution in [0.4, 0.5) is 0 Å². The molecule has 0 unspecified atom stereocenters. The van der Waals surface area contributed by atoms with Gasteiger partial charge in [0, 0.05) is 11.6 Å². The molecule has 0 aromatic rings. The fourth-order valence-corrected chi connectivity index (χ4v) is 3.80. The van der Waals surface area contributed by atoms with Crippen molar-refractivity contribution in [1.29, 1.82) is 0 Å². The summed E-state index contributed by atoms with van der Waals surface area (Å²) in [4.78, 5) is 0. The van der Waals surface area contributed by atoms with E-state index >= 15 is 0 Å². The summed E-state index contributed by atoms with van der Waals surface area (Å²) >= 11 is 0. The third kappa shape index (κ3) is 4.94. The highest BCUT2D eigenvalue weighted by Crippen LogP contribution is 2.35. The molecule has 0 aromatic carbocycles. The van der Waals surface area contributed by atoms with Crippen LogP contribution in [-0.4, -0.2) is 32.3 Å². The number of sulfonamides is 1. The van der Waals surface area contributed by atoms with Crippen molar-refractivity contribution in [3.8, 4) is 0 Å². The van der Waals surface area contributed by atoms with E-state index in [1.807, 2.05) is 0 Å². The van der Waals surface area contributed by atoms with Crippen LogP contribution >= 0.6 is 0 Å². The van der Waals surface area contributed by atoms with Crippen molar-refractivity contribution in [2.45, 2.75) is 64.5 Å². The van der Waals surface area contributed by atoms with Gasteiger partial charge in [0.1, 0.15) is 0 Å². The summed E-state index contributed by atoms with van der Waals surface area (Å²) in [5, 5.41) is 3.23. The summed E-state index contributed by atoms with van der Waals surface area (Å²) in [6.07, 6.45) is 4.70. The molecule has 0 radical (unpaired) electrons. The SMILES string of the molecule is CCC1(NS(=O)(=O)CCCNC(C)C)CCC1. The Kier molecular flexibility index (Phi) is 5.41. The Bertz CT molecular complexity index is 316. The molecular formula is C12H26N2O2S. The van der Waals surface area contributed by atoms with E-state index in [-0.39, 0.29) is 11.3 Å². The van der Waals surface area contributed by atoms with Crippen LogP contribution < -0.4 is 10.0 Å². The molecule has 1 saturated carbocycles. The summed E-state index contributed by atoms with van der Waals surface area (Å²) in [5.41, 5.74) is -0.121. The van der Waals surface area contributed by atoms with Gasteiger partial charge < -0.3 is 5.32 Å². The first-order valence-corrected chi connectivity index (χ1v) is 8.29. The van der Waals surface area contributed by atoms with Crippen LogP contribution in [0, 0.1) is 0 Å². The molecular weight excluding hydrogens is 236 g/mol. The summed E-state index contributed by atoms with van der Waals surface area (Å²) < 4.78 is 26.7. The van der Waals surface area contributed by atoms with Crippen LogP contribution in [0.3, 0.4) is 0 Å². The average molecular weight is 262 g/mol. The first-order valence-electron chi connectivity index (χ1n) is 6.64. The van der Waals surface area contributed by atoms with Gasteiger partial charge in [-0.3, -0.25) is 0 Å². The predicted octanol–water partition coefficient (Wildman–Crippen LogP) is 1.63. The summed E-state index contributed by atoms with van der Waals surface area (Å²) in [7, 11) is -3.10.